The highest BCUT2D eigenvalue weighted by Crippen LogP contribution is 2.27. The van der Waals surface area contributed by atoms with Gasteiger partial charge in [0, 0.05) is 56.7 Å². The Hall–Kier alpha value is -3.16. The number of carbonyl (C=O) groups excluding carboxylic acids is 2. The first-order valence-electron chi connectivity index (χ1n) is 10.0. The third-order valence-corrected chi connectivity index (χ3v) is 5.30. The van der Waals surface area contributed by atoms with Gasteiger partial charge in [0.2, 0.25) is 11.9 Å². The van der Waals surface area contributed by atoms with Gasteiger partial charge in [-0.25, -0.2) is 4.98 Å². The second-order valence-corrected chi connectivity index (χ2v) is 7.60. The first-order chi connectivity index (χ1) is 14.0. The van der Waals surface area contributed by atoms with E-state index < -0.39 is 0 Å². The van der Waals surface area contributed by atoms with Crippen molar-refractivity contribution < 1.29 is 9.59 Å². The standard InChI is InChI=1S/C21H26N6O2/c1-14(28)19-13-22-21(25-20(19)23-16-3-4-16)24-17-5-7-18(8-6-17)27-11-9-26(10-12-27)15(2)29/h5-8,13,16H,3-4,9-12H2,1-2H3,(H2,22,23,24,25). The van der Waals surface area contributed by atoms with E-state index in [1.54, 1.807) is 13.1 Å². The minimum Gasteiger partial charge on any atom is -0.368 e. The van der Waals surface area contributed by atoms with Crippen molar-refractivity contribution >= 4 is 34.8 Å². The quantitative estimate of drug-likeness (QED) is 0.728. The average Bonchev–Trinajstić information content (AvgIpc) is 3.53. The number of piperazine rings is 1. The number of nitrogens with zero attached hydrogens (tertiary/aromatic N) is 4. The van der Waals surface area contributed by atoms with Gasteiger partial charge >= 0.3 is 0 Å². The molecule has 1 amide bonds. The molecule has 2 fully saturated rings. The highest BCUT2D eigenvalue weighted by molar-refractivity contribution is 5.98. The summed E-state index contributed by atoms with van der Waals surface area (Å²) >= 11 is 0. The Balaban J connectivity index is 1.42. The Morgan fingerprint density at radius 3 is 2.31 bits per heavy atom. The summed E-state index contributed by atoms with van der Waals surface area (Å²) in [5.41, 5.74) is 2.52. The number of aromatic nitrogens is 2. The Labute approximate surface area is 170 Å². The number of ketones is 1. The summed E-state index contributed by atoms with van der Waals surface area (Å²) in [6.07, 6.45) is 3.78. The molecule has 8 nitrogen and oxygen atoms in total. The minimum absolute atomic E-state index is 0.0473. The number of hydrogen-bond acceptors (Lipinski definition) is 7. The van der Waals surface area contributed by atoms with E-state index in [1.807, 2.05) is 17.0 Å². The highest BCUT2D eigenvalue weighted by Gasteiger charge is 2.24. The van der Waals surface area contributed by atoms with Crippen molar-refractivity contribution in [2.75, 3.05) is 41.7 Å². The Bertz CT molecular complexity index is 902. The van der Waals surface area contributed by atoms with E-state index in [0.717, 1.165) is 50.4 Å². The van der Waals surface area contributed by atoms with E-state index in [2.05, 4.69) is 37.6 Å². The summed E-state index contributed by atoms with van der Waals surface area (Å²) in [6.45, 7) is 6.31. The number of Topliss-reactive ketones (excluding diaryl/α,β-unsaturated/α-hetero) is 1. The predicted molar refractivity (Wildman–Crippen MR) is 113 cm³/mol. The molecule has 0 bridgehead atoms. The average molecular weight is 394 g/mol. The first kappa shape index (κ1) is 19.2. The van der Waals surface area contributed by atoms with Crippen molar-refractivity contribution in [1.82, 2.24) is 14.9 Å². The first-order valence-corrected chi connectivity index (χ1v) is 10.0. The molecule has 8 heteroatoms. The predicted octanol–water partition coefficient (Wildman–Crippen LogP) is 2.67. The molecule has 1 saturated heterocycles. The summed E-state index contributed by atoms with van der Waals surface area (Å²) in [5.74, 6) is 1.14. The van der Waals surface area contributed by atoms with Crippen molar-refractivity contribution in [1.29, 1.82) is 0 Å². The van der Waals surface area contributed by atoms with Crippen LogP contribution in [-0.4, -0.2) is 58.8 Å². The molecule has 1 aromatic heterocycles. The molecule has 1 aromatic carbocycles. The number of carbonyl (C=O) groups is 2. The zero-order chi connectivity index (χ0) is 20.4. The monoisotopic (exact) mass is 394 g/mol. The molecule has 4 rings (SSSR count). The normalized spacial score (nSPS) is 16.5. The van der Waals surface area contributed by atoms with Crippen LogP contribution >= 0.6 is 0 Å². The maximum atomic E-state index is 11.8. The zero-order valence-electron chi connectivity index (χ0n) is 16.8. The number of nitrogens with one attached hydrogen (secondary N) is 2. The Morgan fingerprint density at radius 2 is 1.72 bits per heavy atom. The van der Waals surface area contributed by atoms with Gasteiger partial charge in [-0.05, 0) is 44.0 Å². The van der Waals surface area contributed by atoms with Crippen molar-refractivity contribution in [3.05, 3.63) is 36.0 Å². The van der Waals surface area contributed by atoms with Gasteiger partial charge in [-0.2, -0.15) is 4.98 Å². The van der Waals surface area contributed by atoms with Crippen molar-refractivity contribution in [3.63, 3.8) is 0 Å². The lowest BCUT2D eigenvalue weighted by atomic mass is 10.2. The summed E-state index contributed by atoms with van der Waals surface area (Å²) < 4.78 is 0. The fourth-order valence-corrected chi connectivity index (χ4v) is 3.39. The molecule has 0 spiro atoms. The van der Waals surface area contributed by atoms with Crippen molar-refractivity contribution in [2.24, 2.45) is 0 Å². The van der Waals surface area contributed by atoms with E-state index in [9.17, 15) is 9.59 Å². The van der Waals surface area contributed by atoms with E-state index in [-0.39, 0.29) is 11.7 Å². The van der Waals surface area contributed by atoms with Gasteiger partial charge in [-0.3, -0.25) is 9.59 Å². The summed E-state index contributed by atoms with van der Waals surface area (Å²) in [4.78, 5) is 36.2. The van der Waals surface area contributed by atoms with Gasteiger partial charge in [0.05, 0.1) is 5.56 Å². The molecule has 2 aliphatic rings. The minimum atomic E-state index is -0.0473. The molecule has 2 heterocycles. The molecule has 0 radical (unpaired) electrons. The largest absolute Gasteiger partial charge is 0.368 e. The summed E-state index contributed by atoms with van der Waals surface area (Å²) in [7, 11) is 0. The van der Waals surface area contributed by atoms with Gasteiger partial charge < -0.3 is 20.4 Å². The topological polar surface area (TPSA) is 90.5 Å². The lowest BCUT2D eigenvalue weighted by Crippen LogP contribution is -2.48. The maximum absolute atomic E-state index is 11.8. The van der Waals surface area contributed by atoms with Crippen LogP contribution in [0.4, 0.5) is 23.1 Å². The molecular formula is C21H26N6O2. The van der Waals surface area contributed by atoms with E-state index in [1.165, 1.54) is 6.92 Å². The number of hydrogen-bond donors (Lipinski definition) is 2. The van der Waals surface area contributed by atoms with E-state index >= 15 is 0 Å². The van der Waals surface area contributed by atoms with Gasteiger partial charge in [-0.15, -0.1) is 0 Å². The molecular weight excluding hydrogens is 368 g/mol. The zero-order valence-corrected chi connectivity index (χ0v) is 16.8. The smallest absolute Gasteiger partial charge is 0.229 e. The Kier molecular flexibility index (Phi) is 5.33. The highest BCUT2D eigenvalue weighted by atomic mass is 16.2. The lowest BCUT2D eigenvalue weighted by molar-refractivity contribution is -0.129. The molecule has 2 N–H and O–H groups in total. The van der Waals surface area contributed by atoms with Crippen LogP contribution in [0.2, 0.25) is 0 Å². The molecule has 1 saturated carbocycles. The van der Waals surface area contributed by atoms with Gasteiger partial charge in [0.25, 0.3) is 0 Å². The molecule has 2 aromatic rings. The molecule has 0 unspecified atom stereocenters. The molecule has 0 atom stereocenters. The van der Waals surface area contributed by atoms with Crippen LogP contribution in [0.25, 0.3) is 0 Å². The van der Waals surface area contributed by atoms with Gasteiger partial charge in [-0.1, -0.05) is 0 Å². The molecule has 1 aliphatic carbocycles. The maximum Gasteiger partial charge on any atom is 0.229 e. The number of rotatable bonds is 6. The van der Waals surface area contributed by atoms with Crippen molar-refractivity contribution in [2.45, 2.75) is 32.7 Å². The van der Waals surface area contributed by atoms with E-state index in [4.69, 9.17) is 0 Å². The summed E-state index contributed by atoms with van der Waals surface area (Å²) in [5, 5.41) is 6.52. The third-order valence-electron chi connectivity index (χ3n) is 5.30. The molecule has 1 aliphatic heterocycles. The SMILES string of the molecule is CC(=O)c1cnc(Nc2ccc(N3CCN(C(C)=O)CC3)cc2)nc1NC1CC1. The van der Waals surface area contributed by atoms with Crippen LogP contribution in [0.15, 0.2) is 30.5 Å². The second-order valence-electron chi connectivity index (χ2n) is 7.60. The summed E-state index contributed by atoms with van der Waals surface area (Å²) in [6, 6.07) is 8.49. The van der Waals surface area contributed by atoms with Gasteiger partial charge in [0.1, 0.15) is 5.82 Å². The van der Waals surface area contributed by atoms with Crippen molar-refractivity contribution in [3.8, 4) is 0 Å². The molecule has 29 heavy (non-hydrogen) atoms. The van der Waals surface area contributed by atoms with Crippen LogP contribution < -0.4 is 15.5 Å². The third kappa shape index (κ3) is 4.64. The fraction of sp³-hybridized carbons (Fsp3) is 0.429. The molecule has 152 valence electrons. The van der Waals surface area contributed by atoms with Crippen LogP contribution in [0.3, 0.4) is 0 Å². The van der Waals surface area contributed by atoms with E-state index in [0.29, 0.717) is 23.4 Å². The number of benzene rings is 1. The van der Waals surface area contributed by atoms with Crippen LogP contribution in [0, 0.1) is 0 Å². The van der Waals surface area contributed by atoms with Crippen LogP contribution in [0.1, 0.15) is 37.0 Å². The van der Waals surface area contributed by atoms with Crippen LogP contribution in [0.5, 0.6) is 0 Å². The number of anilines is 4. The second kappa shape index (κ2) is 8.06. The lowest BCUT2D eigenvalue weighted by Gasteiger charge is -2.35. The van der Waals surface area contributed by atoms with Crippen LogP contribution in [-0.2, 0) is 4.79 Å². The van der Waals surface area contributed by atoms with Gasteiger partial charge in [0.15, 0.2) is 5.78 Å². The number of amides is 1. The fourth-order valence-electron chi connectivity index (χ4n) is 3.39. The Morgan fingerprint density at radius 1 is 1.03 bits per heavy atom.